The summed E-state index contributed by atoms with van der Waals surface area (Å²) in [6.45, 7) is 47.5. The highest BCUT2D eigenvalue weighted by Crippen LogP contribution is 2.39. The lowest BCUT2D eigenvalue weighted by Crippen LogP contribution is -2.48. The number of fused-ring (bicyclic) bond motifs is 5. The first-order valence-corrected chi connectivity index (χ1v) is 54.4. The Kier molecular flexibility index (Phi) is 37.2. The van der Waals surface area contributed by atoms with Gasteiger partial charge in [-0.15, -0.1) is 0 Å². The van der Waals surface area contributed by atoms with Crippen LogP contribution in [0.1, 0.15) is 222 Å². The number of hydrogen-bond donors (Lipinski definition) is 7. The number of piperazine rings is 5. The summed E-state index contributed by atoms with van der Waals surface area (Å²) in [6.07, 6.45) is 23.9. The molecule has 790 valence electrons. The van der Waals surface area contributed by atoms with Crippen molar-refractivity contribution in [2.24, 2.45) is 0 Å². The zero-order valence-corrected chi connectivity index (χ0v) is 89.7. The molecule has 20 rings (SSSR count). The number of nitrogens with zero attached hydrogens (tertiary/aromatic N) is 23. The summed E-state index contributed by atoms with van der Waals surface area (Å²) in [5.41, 5.74) is 17.7. The van der Waals surface area contributed by atoms with Gasteiger partial charge in [0, 0.05) is 304 Å². The van der Waals surface area contributed by atoms with Crippen LogP contribution in [-0.2, 0) is 51.3 Å². The number of rotatable bonds is 32. The molecule has 0 radical (unpaired) electrons. The SMILES string of the molecule is CCC(CC)N1C(=O)Cc2cnc(Cc3ccc(N4CCNCC4)cc3)nc21.CCC(CC)N1C(=O)Cc2cnc(Cc3ccc(N4CCNCC4)cn3)nc21.CCC(CC)N1c2nc(Nc3ccc(N4CCN(C(C)=O)CC4)cc3)ncc2CC1CO.CCC(CC)n1c(C(C)=O)cc2cnc(Nc3ccc(N4CCN(C(C)=O)CC4)cc3)nc21.CCC(CC)n1c(C)cc2cnc(Nc3ccc(N4CCNCC4)cc3)nc21. The summed E-state index contributed by atoms with van der Waals surface area (Å²) >= 11 is 0. The minimum Gasteiger partial charge on any atom is -0.394 e. The topological polar surface area (TPSA) is 362 Å². The molecular weight excluding hydrogens is 1870 g/mol. The lowest BCUT2D eigenvalue weighted by molar-refractivity contribution is -0.129. The van der Waals surface area contributed by atoms with Gasteiger partial charge in [0.2, 0.25) is 41.5 Å². The van der Waals surface area contributed by atoms with Crippen LogP contribution in [0.3, 0.4) is 0 Å². The van der Waals surface area contributed by atoms with Crippen LogP contribution in [0.4, 0.5) is 80.8 Å². The molecule has 35 nitrogen and oxygen atoms in total. The Bertz CT molecular complexity index is 6280. The maximum absolute atomic E-state index is 12.5. The Morgan fingerprint density at radius 1 is 0.376 bits per heavy atom. The second-order valence-electron chi connectivity index (χ2n) is 39.8. The Balaban J connectivity index is 0.000000133. The molecule has 8 aromatic heterocycles. The van der Waals surface area contributed by atoms with E-state index in [0.717, 1.165) is 303 Å². The quantitative estimate of drug-likeness (QED) is 0.0193. The van der Waals surface area contributed by atoms with E-state index in [-0.39, 0.29) is 60.2 Å². The van der Waals surface area contributed by atoms with Crippen LogP contribution in [0, 0.1) is 6.92 Å². The number of ketones is 1. The minimum absolute atomic E-state index is 0.0362. The van der Waals surface area contributed by atoms with Gasteiger partial charge in [0.15, 0.2) is 5.78 Å². The lowest BCUT2D eigenvalue weighted by atomic mass is 10.1. The van der Waals surface area contributed by atoms with E-state index < -0.39 is 0 Å². The molecule has 0 aliphatic carbocycles. The minimum atomic E-state index is 0.0362. The first kappa shape index (κ1) is 108. The Labute approximate surface area is 877 Å². The van der Waals surface area contributed by atoms with Gasteiger partial charge in [0.05, 0.1) is 49.5 Å². The Morgan fingerprint density at radius 2 is 0.745 bits per heavy atom. The molecule has 0 spiro atoms. The van der Waals surface area contributed by atoms with Crippen molar-refractivity contribution in [1.29, 1.82) is 0 Å². The zero-order chi connectivity index (χ0) is 105. The first-order chi connectivity index (χ1) is 72.5. The Hall–Kier alpha value is -13.9. The van der Waals surface area contributed by atoms with Crippen LogP contribution in [0.5, 0.6) is 0 Å². The van der Waals surface area contributed by atoms with Crippen molar-refractivity contribution in [3.63, 3.8) is 0 Å². The van der Waals surface area contributed by atoms with Gasteiger partial charge in [0.25, 0.3) is 0 Å². The summed E-state index contributed by atoms with van der Waals surface area (Å²) in [5, 5.41) is 32.0. The molecule has 8 aliphatic heterocycles. The standard InChI is InChI=1S/C25H32N6O2.C24H34N6O2.C22H30N6.C22H29N5O.C21H28N6O/c1-5-21(6-2)31-23(17(3)32)15-19-16-26-25(28-24(19)31)27-20-7-9-22(10-8-20)30-13-11-29(12-14-30)18(4)33;1-4-20(5-2)30-22(16-31)14-18-15-25-24(27-23(18)30)26-19-6-8-21(9-7-19)29-12-10-28(11-13-29)17(3)32;1-4-19(5-2)28-16(3)14-17-15-24-22(26-21(17)28)25-18-6-8-20(9-7-18)27-12-10-23-11-13-27;1-3-18(4-2)27-21(28)14-17-15-24-20(25-22(17)27)13-16-5-7-19(8-6-16)26-11-9-23-10-12-26;1-3-17(4-2)27-20(28)11-15-13-24-19(25-21(15)27)12-16-5-6-18(14-23-16)26-9-7-22-8-10-26/h7-10,15-16,21H,5-6,11-14H2,1-4H3,(H,26,27,28);6-9,15,20,22,31H,4-5,10-14,16H2,1-3H3,(H,25,26,27);6-9,14-15,19,23H,4-5,10-13H2,1-3H3,(H,24,25,26);5-8,15,18,23H,3-4,9-14H2,1-2H3;5-6,13-14,17,22H,3-4,7-12H2,1-2H3. The van der Waals surface area contributed by atoms with Gasteiger partial charge in [-0.1, -0.05) is 81.4 Å². The summed E-state index contributed by atoms with van der Waals surface area (Å²) in [4.78, 5) is 133. The van der Waals surface area contributed by atoms with Crippen molar-refractivity contribution in [3.05, 3.63) is 209 Å². The molecule has 35 heteroatoms. The summed E-state index contributed by atoms with van der Waals surface area (Å²) in [5.74, 6) is 6.37. The highest BCUT2D eigenvalue weighted by atomic mass is 16.3. The van der Waals surface area contributed by atoms with Crippen LogP contribution in [0.15, 0.2) is 159 Å². The first-order valence-electron chi connectivity index (χ1n) is 54.4. The number of hydrogen-bond acceptors (Lipinski definition) is 29. The van der Waals surface area contributed by atoms with Crippen LogP contribution in [-0.4, -0.2) is 270 Å². The maximum atomic E-state index is 12.5. The van der Waals surface area contributed by atoms with Crippen LogP contribution in [0.25, 0.3) is 22.1 Å². The molecule has 4 aromatic carbocycles. The summed E-state index contributed by atoms with van der Waals surface area (Å²) in [7, 11) is 0. The van der Waals surface area contributed by atoms with Crippen molar-refractivity contribution in [1.82, 2.24) is 89.7 Å². The molecule has 5 saturated heterocycles. The van der Waals surface area contributed by atoms with E-state index in [9.17, 15) is 29.1 Å². The second kappa shape index (κ2) is 51.3. The second-order valence-corrected chi connectivity index (χ2v) is 39.8. The van der Waals surface area contributed by atoms with Gasteiger partial charge in [0.1, 0.15) is 40.4 Å². The number of Topliss-reactive ketones (excluding diaryl/α,β-unsaturated/α-hetero) is 1. The van der Waals surface area contributed by atoms with Crippen molar-refractivity contribution in [3.8, 4) is 0 Å². The van der Waals surface area contributed by atoms with Crippen molar-refractivity contribution in [2.75, 3.05) is 193 Å². The van der Waals surface area contributed by atoms with E-state index in [2.05, 4.69) is 267 Å². The van der Waals surface area contributed by atoms with Gasteiger partial charge < -0.3 is 85.3 Å². The molecule has 0 bridgehead atoms. The number of pyridine rings is 1. The predicted molar refractivity (Wildman–Crippen MR) is 597 cm³/mol. The number of aryl methyl sites for hydroxylation is 1. The molecular formula is C114H153N29O6. The third kappa shape index (κ3) is 26.2. The molecule has 16 heterocycles. The molecule has 4 amide bonds. The average Bonchev–Trinajstić information content (AvgIpc) is 1.64. The van der Waals surface area contributed by atoms with Gasteiger partial charge in [-0.05, 0) is 186 Å². The number of amides is 4. The van der Waals surface area contributed by atoms with E-state index >= 15 is 0 Å². The van der Waals surface area contributed by atoms with Gasteiger partial charge >= 0.3 is 0 Å². The number of carbonyl (C=O) groups is 5. The predicted octanol–water partition coefficient (Wildman–Crippen LogP) is 16.0. The fourth-order valence-corrected chi connectivity index (χ4v) is 21.7. The molecule has 1 atom stereocenters. The van der Waals surface area contributed by atoms with Crippen LogP contribution in [0.2, 0.25) is 0 Å². The third-order valence-corrected chi connectivity index (χ3v) is 30.3. The van der Waals surface area contributed by atoms with E-state index in [1.54, 1.807) is 27.0 Å². The van der Waals surface area contributed by atoms with E-state index in [4.69, 9.17) is 24.9 Å². The number of anilines is 14. The number of aliphatic hydroxyl groups is 1. The van der Waals surface area contributed by atoms with Gasteiger partial charge in [-0.3, -0.25) is 38.8 Å². The smallest absolute Gasteiger partial charge is 0.233 e. The van der Waals surface area contributed by atoms with Crippen molar-refractivity contribution < 1.29 is 29.1 Å². The molecule has 1 unspecified atom stereocenters. The van der Waals surface area contributed by atoms with Crippen molar-refractivity contribution >= 4 is 132 Å². The zero-order valence-electron chi connectivity index (χ0n) is 89.7. The third-order valence-electron chi connectivity index (χ3n) is 30.3. The number of nitrogens with one attached hydrogen (secondary N) is 6. The number of aromatic nitrogens is 13. The van der Waals surface area contributed by atoms with E-state index in [0.29, 0.717) is 67.1 Å². The number of carbonyl (C=O) groups excluding carboxylic acids is 5. The fourth-order valence-electron chi connectivity index (χ4n) is 21.7. The van der Waals surface area contributed by atoms with E-state index in [1.807, 2.05) is 80.9 Å². The normalized spacial score (nSPS) is 16.1. The highest BCUT2D eigenvalue weighted by molar-refractivity contribution is 6.02. The van der Waals surface area contributed by atoms with Crippen LogP contribution < -0.4 is 71.1 Å². The molecule has 7 N–H and O–H groups in total. The van der Waals surface area contributed by atoms with E-state index in [1.165, 1.54) is 22.6 Å². The molecule has 12 aromatic rings. The fraction of sp³-hybridized carbons (Fsp3) is 0.491. The maximum Gasteiger partial charge on any atom is 0.233 e. The van der Waals surface area contributed by atoms with Crippen molar-refractivity contribution in [2.45, 2.75) is 229 Å². The highest BCUT2D eigenvalue weighted by Gasteiger charge is 2.38. The van der Waals surface area contributed by atoms with Gasteiger partial charge in [-0.25, -0.2) is 34.9 Å². The molecule has 0 saturated carbocycles. The Morgan fingerprint density at radius 3 is 1.15 bits per heavy atom. The molecule has 5 fully saturated rings. The molecule has 149 heavy (non-hydrogen) atoms. The summed E-state index contributed by atoms with van der Waals surface area (Å²) < 4.78 is 4.42. The van der Waals surface area contributed by atoms with Gasteiger partial charge in [-0.2, -0.15) is 15.0 Å². The largest absolute Gasteiger partial charge is 0.394 e. The van der Waals surface area contributed by atoms with Crippen LogP contribution >= 0.6 is 0 Å². The average molecular weight is 2030 g/mol. The number of aliphatic hydroxyl groups excluding tert-OH is 1. The molecule has 8 aliphatic rings. The monoisotopic (exact) mass is 2020 g/mol. The lowest BCUT2D eigenvalue weighted by Gasteiger charge is -2.35. The summed E-state index contributed by atoms with van der Waals surface area (Å²) in [6, 6.07) is 43.5. The number of benzene rings is 4.